The van der Waals surface area contributed by atoms with E-state index < -0.39 is 11.8 Å². The molecule has 1 aromatic carbocycles. The second-order valence-corrected chi connectivity index (χ2v) is 7.07. The minimum Gasteiger partial charge on any atom is -0.491 e. The van der Waals surface area contributed by atoms with Crippen molar-refractivity contribution in [2.24, 2.45) is 10.9 Å². The van der Waals surface area contributed by atoms with E-state index in [0.29, 0.717) is 23.5 Å². The lowest BCUT2D eigenvalue weighted by atomic mass is 9.71. The van der Waals surface area contributed by atoms with E-state index in [4.69, 9.17) is 9.47 Å². The molecule has 0 bridgehead atoms. The first-order valence-corrected chi connectivity index (χ1v) is 9.08. The van der Waals surface area contributed by atoms with Crippen molar-refractivity contribution < 1.29 is 19.1 Å². The number of carbonyl (C=O) groups excluding carboxylic acids is 2. The molecule has 0 saturated carbocycles. The summed E-state index contributed by atoms with van der Waals surface area (Å²) in [4.78, 5) is 30.0. The van der Waals surface area contributed by atoms with Gasteiger partial charge in [-0.3, -0.25) is 14.6 Å². The summed E-state index contributed by atoms with van der Waals surface area (Å²) in [7, 11) is 1.37. The highest BCUT2D eigenvalue weighted by Gasteiger charge is 2.44. The quantitative estimate of drug-likeness (QED) is 0.770. The molecule has 1 aliphatic heterocycles. The van der Waals surface area contributed by atoms with Crippen LogP contribution in [0.4, 0.5) is 0 Å². The fourth-order valence-corrected chi connectivity index (χ4v) is 3.87. The van der Waals surface area contributed by atoms with E-state index in [9.17, 15) is 9.59 Å². The molecule has 2 aliphatic rings. The minimum absolute atomic E-state index is 0.0124. The maximum Gasteiger partial charge on any atom is 0.315 e. The summed E-state index contributed by atoms with van der Waals surface area (Å²) >= 11 is 0. The van der Waals surface area contributed by atoms with E-state index in [1.54, 1.807) is 0 Å². The van der Waals surface area contributed by atoms with Gasteiger partial charge in [0, 0.05) is 34.9 Å². The highest BCUT2D eigenvalue weighted by molar-refractivity contribution is 6.08. The Morgan fingerprint density at radius 1 is 1.23 bits per heavy atom. The Labute approximate surface area is 154 Å². The van der Waals surface area contributed by atoms with Crippen LogP contribution in [0.25, 0.3) is 0 Å². The molecule has 1 heterocycles. The van der Waals surface area contributed by atoms with E-state index in [1.165, 1.54) is 7.11 Å². The Kier molecular flexibility index (Phi) is 5.25. The molecule has 3 rings (SSSR count). The number of aliphatic imine (C=N–C) groups is 1. The molecule has 0 saturated heterocycles. The third kappa shape index (κ3) is 3.30. The lowest BCUT2D eigenvalue weighted by Gasteiger charge is -2.35. The Morgan fingerprint density at radius 3 is 2.65 bits per heavy atom. The number of hydrogen-bond acceptors (Lipinski definition) is 5. The standard InChI is InChI=1S/C21H25NO4/c1-12(2)26-17-11-6-5-8-14(17)19-18(21(24)25-4)13(3)22-15-9-7-10-16(23)20(15)19/h5-6,8,11-12,18-19H,7,9-10H2,1-4H3/t18?,19-/m0/s1. The van der Waals surface area contributed by atoms with Gasteiger partial charge in [0.2, 0.25) is 0 Å². The van der Waals surface area contributed by atoms with Gasteiger partial charge in [-0.15, -0.1) is 0 Å². The van der Waals surface area contributed by atoms with Crippen LogP contribution in [0.5, 0.6) is 5.75 Å². The van der Waals surface area contributed by atoms with Crippen LogP contribution in [0.3, 0.4) is 0 Å². The summed E-state index contributed by atoms with van der Waals surface area (Å²) in [6.07, 6.45) is 2.04. The first-order chi connectivity index (χ1) is 12.4. The molecule has 1 unspecified atom stereocenters. The number of Topliss-reactive ketones (excluding diaryl/α,β-unsaturated/α-hetero) is 1. The fraction of sp³-hybridized carbons (Fsp3) is 0.476. The zero-order chi connectivity index (χ0) is 18.8. The van der Waals surface area contributed by atoms with Gasteiger partial charge in [0.05, 0.1) is 13.2 Å². The summed E-state index contributed by atoms with van der Waals surface area (Å²) in [5.74, 6) is -0.641. The lowest BCUT2D eigenvalue weighted by Crippen LogP contribution is -2.37. The number of carbonyl (C=O) groups is 2. The summed E-state index contributed by atoms with van der Waals surface area (Å²) in [6.45, 7) is 5.75. The first kappa shape index (κ1) is 18.4. The van der Waals surface area contributed by atoms with Crippen molar-refractivity contribution in [1.29, 1.82) is 0 Å². The highest BCUT2D eigenvalue weighted by Crippen LogP contribution is 2.46. The average Bonchev–Trinajstić information content (AvgIpc) is 2.60. The Hall–Kier alpha value is -2.43. The molecule has 1 aliphatic carbocycles. The number of methoxy groups -OCH3 is 1. The Balaban J connectivity index is 2.20. The largest absolute Gasteiger partial charge is 0.491 e. The van der Waals surface area contributed by atoms with Crippen LogP contribution in [-0.2, 0) is 14.3 Å². The Morgan fingerprint density at radius 2 is 1.96 bits per heavy atom. The molecular weight excluding hydrogens is 330 g/mol. The van der Waals surface area contributed by atoms with Gasteiger partial charge in [0.15, 0.2) is 5.78 Å². The number of para-hydroxylation sites is 1. The monoisotopic (exact) mass is 355 g/mol. The third-order valence-corrected chi connectivity index (χ3v) is 4.91. The molecule has 0 aromatic heterocycles. The van der Waals surface area contributed by atoms with Crippen LogP contribution >= 0.6 is 0 Å². The van der Waals surface area contributed by atoms with Crippen molar-refractivity contribution in [2.45, 2.75) is 52.1 Å². The number of ether oxygens (including phenoxy) is 2. The molecule has 5 nitrogen and oxygen atoms in total. The molecule has 0 radical (unpaired) electrons. The number of benzene rings is 1. The van der Waals surface area contributed by atoms with Gasteiger partial charge in [-0.05, 0) is 39.7 Å². The maximum atomic E-state index is 12.8. The van der Waals surface area contributed by atoms with Gasteiger partial charge in [-0.25, -0.2) is 0 Å². The number of esters is 1. The summed E-state index contributed by atoms with van der Waals surface area (Å²) in [6, 6.07) is 7.63. The first-order valence-electron chi connectivity index (χ1n) is 9.08. The second-order valence-electron chi connectivity index (χ2n) is 7.07. The normalized spacial score (nSPS) is 22.8. The SMILES string of the molecule is COC(=O)C1C(C)=NC2=C(C(=O)CCC2)[C@H]1c1ccccc1OC(C)C. The van der Waals surface area contributed by atoms with Gasteiger partial charge in [-0.2, -0.15) is 0 Å². The molecule has 1 aromatic rings. The summed E-state index contributed by atoms with van der Waals surface area (Å²) in [5, 5.41) is 0. The zero-order valence-corrected chi connectivity index (χ0v) is 15.7. The van der Waals surface area contributed by atoms with Crippen molar-refractivity contribution in [1.82, 2.24) is 0 Å². The number of ketones is 1. The van der Waals surface area contributed by atoms with Crippen LogP contribution in [0.2, 0.25) is 0 Å². The molecule has 0 spiro atoms. The Bertz CT molecular complexity index is 791. The fourth-order valence-electron chi connectivity index (χ4n) is 3.87. The van der Waals surface area contributed by atoms with Crippen LogP contribution in [0.15, 0.2) is 40.5 Å². The van der Waals surface area contributed by atoms with Gasteiger partial charge >= 0.3 is 5.97 Å². The van der Waals surface area contributed by atoms with Gasteiger partial charge in [-0.1, -0.05) is 18.2 Å². The topological polar surface area (TPSA) is 65.0 Å². The zero-order valence-electron chi connectivity index (χ0n) is 15.7. The van der Waals surface area contributed by atoms with E-state index in [1.807, 2.05) is 45.0 Å². The smallest absolute Gasteiger partial charge is 0.315 e. The van der Waals surface area contributed by atoms with E-state index in [2.05, 4.69) is 4.99 Å². The minimum atomic E-state index is -0.613. The highest BCUT2D eigenvalue weighted by atomic mass is 16.5. The molecule has 0 N–H and O–H groups in total. The van der Waals surface area contributed by atoms with Crippen molar-refractivity contribution in [3.05, 3.63) is 41.1 Å². The van der Waals surface area contributed by atoms with Crippen LogP contribution < -0.4 is 4.74 Å². The van der Waals surface area contributed by atoms with Gasteiger partial charge < -0.3 is 9.47 Å². The molecule has 0 fully saturated rings. The second kappa shape index (κ2) is 7.44. The average molecular weight is 355 g/mol. The number of allylic oxidation sites excluding steroid dienone is 2. The molecule has 0 amide bonds. The molecule has 138 valence electrons. The predicted octanol–water partition coefficient (Wildman–Crippen LogP) is 3.83. The van der Waals surface area contributed by atoms with Crippen molar-refractivity contribution in [2.75, 3.05) is 7.11 Å². The lowest BCUT2D eigenvalue weighted by molar-refractivity contribution is -0.143. The van der Waals surface area contributed by atoms with E-state index >= 15 is 0 Å². The molecule has 2 atom stereocenters. The van der Waals surface area contributed by atoms with E-state index in [0.717, 1.165) is 24.1 Å². The van der Waals surface area contributed by atoms with Crippen LogP contribution in [-0.4, -0.2) is 30.7 Å². The van der Waals surface area contributed by atoms with Crippen LogP contribution in [0.1, 0.15) is 51.5 Å². The molecule has 5 heteroatoms. The van der Waals surface area contributed by atoms with Crippen molar-refractivity contribution in [3.8, 4) is 5.75 Å². The van der Waals surface area contributed by atoms with E-state index in [-0.39, 0.29) is 17.9 Å². The summed E-state index contributed by atoms with van der Waals surface area (Å²) in [5.41, 5.74) is 2.99. The predicted molar refractivity (Wildman–Crippen MR) is 99.4 cm³/mol. The maximum absolute atomic E-state index is 12.8. The molecular formula is C21H25NO4. The number of rotatable bonds is 4. The van der Waals surface area contributed by atoms with Gasteiger partial charge in [0.1, 0.15) is 11.7 Å². The summed E-state index contributed by atoms with van der Waals surface area (Å²) < 4.78 is 11.0. The number of nitrogens with zero attached hydrogens (tertiary/aromatic N) is 1. The van der Waals surface area contributed by atoms with Crippen LogP contribution in [0, 0.1) is 5.92 Å². The number of hydrogen-bond donors (Lipinski definition) is 0. The molecule has 26 heavy (non-hydrogen) atoms. The third-order valence-electron chi connectivity index (χ3n) is 4.91. The van der Waals surface area contributed by atoms with Gasteiger partial charge in [0.25, 0.3) is 0 Å². The van der Waals surface area contributed by atoms with Crippen molar-refractivity contribution >= 4 is 17.5 Å². The van der Waals surface area contributed by atoms with Crippen molar-refractivity contribution in [3.63, 3.8) is 0 Å².